The van der Waals surface area contributed by atoms with Gasteiger partial charge in [0.25, 0.3) is 0 Å². The zero-order valence-corrected chi connectivity index (χ0v) is 10.7. The topological polar surface area (TPSA) is 63.8 Å². The summed E-state index contributed by atoms with van der Waals surface area (Å²) in [7, 11) is 0. The normalized spacial score (nSPS) is 10.9. The van der Waals surface area contributed by atoms with E-state index < -0.39 is 0 Å². The molecule has 0 saturated carbocycles. The molecule has 0 fully saturated rings. The van der Waals surface area contributed by atoms with Crippen LogP contribution in [0.4, 0.5) is 5.13 Å². The highest BCUT2D eigenvalue weighted by molar-refractivity contribution is 7.22. The third-order valence-electron chi connectivity index (χ3n) is 2.48. The zero-order chi connectivity index (χ0) is 12.4. The molecule has 0 saturated heterocycles. The first-order valence-electron chi connectivity index (χ1n) is 5.70. The van der Waals surface area contributed by atoms with E-state index in [4.69, 9.17) is 4.52 Å². The van der Waals surface area contributed by atoms with Gasteiger partial charge in [-0.2, -0.15) is 4.98 Å². The van der Waals surface area contributed by atoms with Crippen LogP contribution in [0, 0.1) is 6.92 Å². The first-order chi connectivity index (χ1) is 8.81. The van der Waals surface area contributed by atoms with Crippen molar-refractivity contribution in [2.24, 2.45) is 0 Å². The van der Waals surface area contributed by atoms with Crippen molar-refractivity contribution in [1.82, 2.24) is 15.1 Å². The summed E-state index contributed by atoms with van der Waals surface area (Å²) < 4.78 is 6.23. The second-order valence-electron chi connectivity index (χ2n) is 3.90. The third kappa shape index (κ3) is 2.33. The van der Waals surface area contributed by atoms with Gasteiger partial charge in [0.05, 0.1) is 10.2 Å². The van der Waals surface area contributed by atoms with Crippen LogP contribution in [0.1, 0.15) is 11.7 Å². The number of hydrogen-bond acceptors (Lipinski definition) is 6. The molecular weight excluding hydrogens is 248 g/mol. The monoisotopic (exact) mass is 260 g/mol. The summed E-state index contributed by atoms with van der Waals surface area (Å²) in [5, 5.41) is 7.95. The first kappa shape index (κ1) is 11.2. The van der Waals surface area contributed by atoms with Crippen molar-refractivity contribution in [3.8, 4) is 0 Å². The molecule has 0 radical (unpaired) electrons. The molecule has 0 aliphatic carbocycles. The molecule has 0 amide bonds. The molecule has 0 bridgehead atoms. The SMILES string of the molecule is Cc1noc(CCNc2nc3ccccc3s2)n1. The van der Waals surface area contributed by atoms with Crippen LogP contribution in [0.25, 0.3) is 10.2 Å². The van der Waals surface area contributed by atoms with E-state index in [-0.39, 0.29) is 0 Å². The largest absolute Gasteiger partial charge is 0.361 e. The van der Waals surface area contributed by atoms with E-state index in [0.29, 0.717) is 18.1 Å². The van der Waals surface area contributed by atoms with E-state index in [1.165, 1.54) is 4.70 Å². The Balaban J connectivity index is 1.62. The lowest BCUT2D eigenvalue weighted by Gasteiger charge is -1.97. The lowest BCUT2D eigenvalue weighted by molar-refractivity contribution is 0.377. The molecule has 3 rings (SSSR count). The summed E-state index contributed by atoms with van der Waals surface area (Å²) in [4.78, 5) is 8.64. The predicted molar refractivity (Wildman–Crippen MR) is 70.8 cm³/mol. The minimum Gasteiger partial charge on any atom is -0.361 e. The summed E-state index contributed by atoms with van der Waals surface area (Å²) in [5.74, 6) is 1.33. The van der Waals surface area contributed by atoms with Crippen LogP contribution in [0.15, 0.2) is 28.8 Å². The van der Waals surface area contributed by atoms with Crippen molar-refractivity contribution >= 4 is 26.7 Å². The first-order valence-corrected chi connectivity index (χ1v) is 6.51. The Morgan fingerprint density at radius 2 is 2.17 bits per heavy atom. The van der Waals surface area contributed by atoms with Crippen LogP contribution < -0.4 is 5.32 Å². The van der Waals surface area contributed by atoms with E-state index in [9.17, 15) is 0 Å². The van der Waals surface area contributed by atoms with E-state index >= 15 is 0 Å². The Labute approximate surface area is 108 Å². The number of fused-ring (bicyclic) bond motifs is 1. The zero-order valence-electron chi connectivity index (χ0n) is 9.88. The fourth-order valence-corrected chi connectivity index (χ4v) is 2.56. The Hall–Kier alpha value is -1.95. The molecule has 5 nitrogen and oxygen atoms in total. The minimum atomic E-state index is 0.654. The molecule has 3 aromatic rings. The van der Waals surface area contributed by atoms with Crippen LogP contribution in [0.3, 0.4) is 0 Å². The second-order valence-corrected chi connectivity index (χ2v) is 4.93. The van der Waals surface area contributed by atoms with Gasteiger partial charge in [-0.1, -0.05) is 28.6 Å². The van der Waals surface area contributed by atoms with Gasteiger partial charge in [-0.3, -0.25) is 0 Å². The summed E-state index contributed by atoms with van der Waals surface area (Å²) >= 11 is 1.65. The minimum absolute atomic E-state index is 0.654. The number of thiazole rings is 1. The molecule has 2 heterocycles. The van der Waals surface area contributed by atoms with Crippen LogP contribution in [-0.4, -0.2) is 21.7 Å². The van der Waals surface area contributed by atoms with E-state index in [2.05, 4.69) is 26.5 Å². The molecule has 0 aliphatic heterocycles. The number of rotatable bonds is 4. The molecule has 2 aromatic heterocycles. The van der Waals surface area contributed by atoms with Crippen LogP contribution >= 0.6 is 11.3 Å². The van der Waals surface area contributed by atoms with E-state index in [1.54, 1.807) is 11.3 Å². The van der Waals surface area contributed by atoms with Gasteiger partial charge in [-0.15, -0.1) is 0 Å². The fraction of sp³-hybridized carbons (Fsp3) is 0.250. The molecule has 0 aliphatic rings. The highest BCUT2D eigenvalue weighted by Crippen LogP contribution is 2.25. The number of nitrogens with one attached hydrogen (secondary N) is 1. The Morgan fingerprint density at radius 3 is 2.94 bits per heavy atom. The average Bonchev–Trinajstić information content (AvgIpc) is 2.95. The summed E-state index contributed by atoms with van der Waals surface area (Å²) in [6.45, 7) is 2.55. The van der Waals surface area contributed by atoms with Crippen LogP contribution in [-0.2, 0) is 6.42 Å². The highest BCUT2D eigenvalue weighted by Gasteiger charge is 2.04. The second kappa shape index (κ2) is 4.73. The maximum atomic E-state index is 5.04. The van der Waals surface area contributed by atoms with Gasteiger partial charge in [0.15, 0.2) is 11.0 Å². The van der Waals surface area contributed by atoms with Gasteiger partial charge in [0.2, 0.25) is 5.89 Å². The predicted octanol–water partition coefficient (Wildman–Crippen LogP) is 2.64. The van der Waals surface area contributed by atoms with Gasteiger partial charge in [-0.05, 0) is 19.1 Å². The lowest BCUT2D eigenvalue weighted by atomic mass is 10.3. The molecular formula is C12H12N4OS. The lowest BCUT2D eigenvalue weighted by Crippen LogP contribution is -2.04. The molecule has 18 heavy (non-hydrogen) atoms. The number of anilines is 1. The number of para-hydroxylation sites is 1. The quantitative estimate of drug-likeness (QED) is 0.781. The number of aryl methyl sites for hydroxylation is 1. The third-order valence-corrected chi connectivity index (χ3v) is 3.47. The van der Waals surface area contributed by atoms with Crippen molar-refractivity contribution in [2.75, 3.05) is 11.9 Å². The van der Waals surface area contributed by atoms with Crippen molar-refractivity contribution in [3.05, 3.63) is 36.0 Å². The van der Waals surface area contributed by atoms with Crippen molar-refractivity contribution < 1.29 is 4.52 Å². The summed E-state index contributed by atoms with van der Waals surface area (Å²) in [6, 6.07) is 8.09. The number of benzene rings is 1. The smallest absolute Gasteiger partial charge is 0.228 e. The maximum Gasteiger partial charge on any atom is 0.228 e. The van der Waals surface area contributed by atoms with Gasteiger partial charge in [0.1, 0.15) is 0 Å². The fourth-order valence-electron chi connectivity index (χ4n) is 1.67. The highest BCUT2D eigenvalue weighted by atomic mass is 32.1. The van der Waals surface area contributed by atoms with Crippen molar-refractivity contribution in [2.45, 2.75) is 13.3 Å². The van der Waals surface area contributed by atoms with Gasteiger partial charge >= 0.3 is 0 Å². The molecule has 1 aromatic carbocycles. The molecule has 0 spiro atoms. The van der Waals surface area contributed by atoms with Crippen LogP contribution in [0.5, 0.6) is 0 Å². The Bertz CT molecular complexity index is 628. The maximum absolute atomic E-state index is 5.04. The molecule has 0 atom stereocenters. The van der Waals surface area contributed by atoms with E-state index in [0.717, 1.165) is 17.2 Å². The molecule has 1 N–H and O–H groups in total. The number of aromatic nitrogens is 3. The molecule has 0 unspecified atom stereocenters. The number of nitrogens with zero attached hydrogens (tertiary/aromatic N) is 3. The standard InChI is InChI=1S/C12H12N4OS/c1-8-14-11(17-16-8)6-7-13-12-15-9-4-2-3-5-10(9)18-12/h2-5H,6-7H2,1H3,(H,13,15). The molecule has 92 valence electrons. The van der Waals surface area contributed by atoms with Crippen LogP contribution in [0.2, 0.25) is 0 Å². The number of hydrogen-bond donors (Lipinski definition) is 1. The summed E-state index contributed by atoms with van der Waals surface area (Å²) in [5.41, 5.74) is 1.03. The Morgan fingerprint density at radius 1 is 1.28 bits per heavy atom. The Kier molecular flexibility index (Phi) is 2.93. The average molecular weight is 260 g/mol. The van der Waals surface area contributed by atoms with Gasteiger partial charge in [-0.25, -0.2) is 4.98 Å². The van der Waals surface area contributed by atoms with Gasteiger partial charge in [0, 0.05) is 13.0 Å². The van der Waals surface area contributed by atoms with Gasteiger partial charge < -0.3 is 9.84 Å². The van der Waals surface area contributed by atoms with Crippen molar-refractivity contribution in [1.29, 1.82) is 0 Å². The molecule has 6 heteroatoms. The summed E-state index contributed by atoms with van der Waals surface area (Å²) in [6.07, 6.45) is 0.705. The van der Waals surface area contributed by atoms with E-state index in [1.807, 2.05) is 25.1 Å². The van der Waals surface area contributed by atoms with Crippen molar-refractivity contribution in [3.63, 3.8) is 0 Å².